The molecule has 0 fully saturated rings. The van der Waals surface area contributed by atoms with Gasteiger partial charge in [0, 0.05) is 33.8 Å². The van der Waals surface area contributed by atoms with Gasteiger partial charge in [0.2, 0.25) is 0 Å². The average molecular weight is 406 g/mol. The molecule has 0 saturated heterocycles. The fourth-order valence-corrected chi connectivity index (χ4v) is 2.82. The molecule has 90 valence electrons. The van der Waals surface area contributed by atoms with Gasteiger partial charge in [-0.2, -0.15) is 5.10 Å². The minimum atomic E-state index is -0.0192. The smallest absolute Gasteiger partial charge is 0.0643 e. The van der Waals surface area contributed by atoms with Gasteiger partial charge in [0.25, 0.3) is 0 Å². The lowest BCUT2D eigenvalue weighted by atomic mass is 10.0. The molecular formula is C12H13BrIN3. The quantitative estimate of drug-likeness (QED) is 0.797. The molecule has 1 heterocycles. The highest BCUT2D eigenvalue weighted by molar-refractivity contribution is 14.1. The minimum absolute atomic E-state index is 0.0192. The number of nitrogens with two attached hydrogens (primary N) is 1. The fraction of sp³-hybridized carbons (Fsp3) is 0.250. The number of halogens is 2. The Morgan fingerprint density at radius 2 is 2.24 bits per heavy atom. The second-order valence-corrected chi connectivity index (χ2v) is 6.04. The van der Waals surface area contributed by atoms with Crippen LogP contribution in [0.1, 0.15) is 17.3 Å². The predicted octanol–water partition coefficient (Wildman–Crippen LogP) is 3.03. The van der Waals surface area contributed by atoms with Crippen LogP contribution in [0.25, 0.3) is 0 Å². The van der Waals surface area contributed by atoms with Crippen molar-refractivity contribution in [3.05, 3.63) is 49.8 Å². The zero-order chi connectivity index (χ0) is 12.4. The molecule has 1 unspecified atom stereocenters. The summed E-state index contributed by atoms with van der Waals surface area (Å²) in [7, 11) is 1.91. The van der Waals surface area contributed by atoms with Gasteiger partial charge in [0.15, 0.2) is 0 Å². The van der Waals surface area contributed by atoms with Crippen LogP contribution in [-0.4, -0.2) is 9.78 Å². The van der Waals surface area contributed by atoms with Crippen molar-refractivity contribution in [3.8, 4) is 0 Å². The van der Waals surface area contributed by atoms with E-state index in [9.17, 15) is 0 Å². The first-order chi connectivity index (χ1) is 8.06. The van der Waals surface area contributed by atoms with Crippen LogP contribution in [0, 0.1) is 3.57 Å². The molecule has 0 spiro atoms. The third-order valence-corrected chi connectivity index (χ3v) is 4.03. The van der Waals surface area contributed by atoms with Gasteiger partial charge in [-0.05, 0) is 52.4 Å². The van der Waals surface area contributed by atoms with Crippen molar-refractivity contribution >= 4 is 38.5 Å². The van der Waals surface area contributed by atoms with Crippen LogP contribution < -0.4 is 5.73 Å². The van der Waals surface area contributed by atoms with Crippen LogP contribution in [-0.2, 0) is 13.5 Å². The molecule has 3 nitrogen and oxygen atoms in total. The molecule has 2 N–H and O–H groups in total. The van der Waals surface area contributed by atoms with Crippen molar-refractivity contribution in [3.63, 3.8) is 0 Å². The Morgan fingerprint density at radius 3 is 2.88 bits per heavy atom. The number of rotatable bonds is 3. The van der Waals surface area contributed by atoms with Gasteiger partial charge in [-0.25, -0.2) is 0 Å². The first-order valence-corrected chi connectivity index (χ1v) is 7.12. The van der Waals surface area contributed by atoms with Gasteiger partial charge in [0.1, 0.15) is 0 Å². The van der Waals surface area contributed by atoms with Gasteiger partial charge in [-0.3, -0.25) is 4.68 Å². The number of hydrogen-bond donors (Lipinski definition) is 1. The summed E-state index contributed by atoms with van der Waals surface area (Å²) in [6.45, 7) is 0. The van der Waals surface area contributed by atoms with Crippen molar-refractivity contribution in [1.29, 1.82) is 0 Å². The first-order valence-electron chi connectivity index (χ1n) is 5.25. The van der Waals surface area contributed by atoms with E-state index in [4.69, 9.17) is 5.73 Å². The molecule has 0 amide bonds. The number of aryl methyl sites for hydroxylation is 1. The number of hydrogen-bond acceptors (Lipinski definition) is 2. The maximum atomic E-state index is 6.23. The van der Waals surface area contributed by atoms with Crippen molar-refractivity contribution < 1.29 is 0 Å². The SMILES string of the molecule is Cn1ccc(CC(N)c2cc(Br)ccc2I)n1. The second kappa shape index (κ2) is 5.49. The summed E-state index contributed by atoms with van der Waals surface area (Å²) >= 11 is 5.79. The van der Waals surface area contributed by atoms with E-state index in [-0.39, 0.29) is 6.04 Å². The highest BCUT2D eigenvalue weighted by Crippen LogP contribution is 2.24. The number of aromatic nitrogens is 2. The van der Waals surface area contributed by atoms with E-state index in [1.807, 2.05) is 25.4 Å². The molecule has 2 rings (SSSR count). The second-order valence-electron chi connectivity index (χ2n) is 3.96. The maximum absolute atomic E-state index is 6.23. The monoisotopic (exact) mass is 405 g/mol. The maximum Gasteiger partial charge on any atom is 0.0643 e. The third-order valence-electron chi connectivity index (χ3n) is 2.56. The third kappa shape index (κ3) is 3.29. The van der Waals surface area contributed by atoms with Crippen LogP contribution in [0.5, 0.6) is 0 Å². The van der Waals surface area contributed by atoms with E-state index in [0.717, 1.165) is 22.2 Å². The van der Waals surface area contributed by atoms with Crippen molar-refractivity contribution in [2.45, 2.75) is 12.5 Å². The molecule has 0 saturated carbocycles. The Bertz CT molecular complexity index is 524. The number of nitrogens with zero attached hydrogens (tertiary/aromatic N) is 2. The van der Waals surface area contributed by atoms with E-state index in [2.05, 4.69) is 55.8 Å². The van der Waals surface area contributed by atoms with Gasteiger partial charge in [-0.1, -0.05) is 15.9 Å². The van der Waals surface area contributed by atoms with Crippen LogP contribution >= 0.6 is 38.5 Å². The topological polar surface area (TPSA) is 43.8 Å². The minimum Gasteiger partial charge on any atom is -0.324 e. The van der Waals surface area contributed by atoms with E-state index in [0.29, 0.717) is 0 Å². The summed E-state index contributed by atoms with van der Waals surface area (Å²) in [6.07, 6.45) is 2.70. The van der Waals surface area contributed by atoms with Crippen LogP contribution in [0.15, 0.2) is 34.9 Å². The molecule has 0 bridgehead atoms. The first kappa shape index (κ1) is 13.0. The van der Waals surface area contributed by atoms with Crippen molar-refractivity contribution in [1.82, 2.24) is 9.78 Å². The van der Waals surface area contributed by atoms with Gasteiger partial charge in [-0.15, -0.1) is 0 Å². The van der Waals surface area contributed by atoms with Crippen LogP contribution in [0.2, 0.25) is 0 Å². The van der Waals surface area contributed by atoms with Gasteiger partial charge in [0.05, 0.1) is 5.69 Å². The van der Waals surface area contributed by atoms with Crippen molar-refractivity contribution in [2.75, 3.05) is 0 Å². The molecule has 0 aliphatic rings. The number of benzene rings is 1. The van der Waals surface area contributed by atoms with E-state index in [1.165, 1.54) is 3.57 Å². The lowest BCUT2D eigenvalue weighted by molar-refractivity contribution is 0.673. The van der Waals surface area contributed by atoms with Crippen LogP contribution in [0.3, 0.4) is 0 Å². The molecule has 1 atom stereocenters. The Labute approximate surface area is 123 Å². The molecular weight excluding hydrogens is 393 g/mol. The summed E-state index contributed by atoms with van der Waals surface area (Å²) in [6, 6.07) is 8.16. The molecule has 0 aliphatic heterocycles. The Morgan fingerprint density at radius 1 is 1.47 bits per heavy atom. The molecule has 5 heteroatoms. The van der Waals surface area contributed by atoms with Gasteiger partial charge >= 0.3 is 0 Å². The lowest BCUT2D eigenvalue weighted by Crippen LogP contribution is -2.15. The summed E-state index contributed by atoms with van der Waals surface area (Å²) in [4.78, 5) is 0. The van der Waals surface area contributed by atoms with Gasteiger partial charge < -0.3 is 5.73 Å². The summed E-state index contributed by atoms with van der Waals surface area (Å²) in [5.74, 6) is 0. The Kier molecular flexibility index (Phi) is 4.22. The highest BCUT2D eigenvalue weighted by Gasteiger charge is 2.12. The molecule has 2 aromatic rings. The molecule has 0 aliphatic carbocycles. The predicted molar refractivity (Wildman–Crippen MR) is 80.7 cm³/mol. The van der Waals surface area contributed by atoms with Crippen molar-refractivity contribution in [2.24, 2.45) is 12.8 Å². The summed E-state index contributed by atoms with van der Waals surface area (Å²) in [5.41, 5.74) is 8.41. The lowest BCUT2D eigenvalue weighted by Gasteiger charge is -2.13. The largest absolute Gasteiger partial charge is 0.324 e. The Hall–Kier alpha value is -0.400. The summed E-state index contributed by atoms with van der Waals surface area (Å²) in [5, 5.41) is 4.35. The van der Waals surface area contributed by atoms with E-state index in [1.54, 1.807) is 4.68 Å². The zero-order valence-electron chi connectivity index (χ0n) is 9.40. The van der Waals surface area contributed by atoms with Crippen LogP contribution in [0.4, 0.5) is 0 Å². The Balaban J connectivity index is 2.19. The van der Waals surface area contributed by atoms with E-state index < -0.39 is 0 Å². The normalized spacial score (nSPS) is 12.7. The highest BCUT2D eigenvalue weighted by atomic mass is 127. The fourth-order valence-electron chi connectivity index (χ4n) is 1.71. The van der Waals surface area contributed by atoms with E-state index >= 15 is 0 Å². The molecule has 17 heavy (non-hydrogen) atoms. The standard InChI is InChI=1S/C12H13BrIN3/c1-17-5-4-9(16-17)7-12(15)10-6-8(13)2-3-11(10)14/h2-6,12H,7,15H2,1H3. The molecule has 0 radical (unpaired) electrons. The summed E-state index contributed by atoms with van der Waals surface area (Å²) < 4.78 is 4.05. The zero-order valence-corrected chi connectivity index (χ0v) is 13.1. The molecule has 1 aromatic carbocycles. The average Bonchev–Trinajstić information content (AvgIpc) is 2.67. The molecule has 1 aromatic heterocycles.